The molecule has 2 aromatic rings. The molecule has 1 fully saturated rings. The van der Waals surface area contributed by atoms with Crippen molar-refractivity contribution in [1.82, 2.24) is 9.88 Å². The van der Waals surface area contributed by atoms with Crippen LogP contribution in [0.3, 0.4) is 0 Å². The zero-order valence-corrected chi connectivity index (χ0v) is 17.7. The second-order valence-electron chi connectivity index (χ2n) is 8.18. The molecule has 0 saturated carbocycles. The Kier molecular flexibility index (Phi) is 5.61. The molecule has 164 valence electrons. The number of halogens is 2. The Bertz CT molecular complexity index is 1130. The SMILES string of the molecule is C[C@]12CCCCO[C@H]1Cn1cc(C(=O)NCc3cccc(Cl)c3F)c(=O)c(O)c1C2=O. The first-order valence-corrected chi connectivity index (χ1v) is 10.5. The highest BCUT2D eigenvalue weighted by Crippen LogP contribution is 2.42. The fourth-order valence-electron chi connectivity index (χ4n) is 4.28. The minimum absolute atomic E-state index is 0.0804. The Labute approximate surface area is 182 Å². The number of hydrogen-bond donors (Lipinski definition) is 2. The molecular weight excluding hydrogens is 427 g/mol. The molecule has 4 rings (SSSR count). The number of aromatic nitrogens is 1. The molecule has 0 spiro atoms. The maximum Gasteiger partial charge on any atom is 0.257 e. The van der Waals surface area contributed by atoms with E-state index in [1.807, 2.05) is 0 Å². The number of ketones is 1. The van der Waals surface area contributed by atoms with Crippen LogP contribution < -0.4 is 10.7 Å². The maximum atomic E-state index is 14.1. The minimum atomic E-state index is -0.944. The maximum absolute atomic E-state index is 14.1. The highest BCUT2D eigenvalue weighted by molar-refractivity contribution is 6.30. The molecule has 3 heterocycles. The minimum Gasteiger partial charge on any atom is -0.503 e. The van der Waals surface area contributed by atoms with Crippen LogP contribution in [0.1, 0.15) is 52.6 Å². The number of Topliss-reactive ketones (excluding diaryl/α,β-unsaturated/α-hetero) is 1. The number of pyridine rings is 1. The molecule has 1 saturated heterocycles. The van der Waals surface area contributed by atoms with Gasteiger partial charge < -0.3 is 19.7 Å². The Morgan fingerprint density at radius 2 is 2.16 bits per heavy atom. The first-order valence-electron chi connectivity index (χ1n) is 10.1. The highest BCUT2D eigenvalue weighted by Gasteiger charge is 2.49. The molecule has 1 aromatic carbocycles. The summed E-state index contributed by atoms with van der Waals surface area (Å²) in [5.74, 6) is -2.58. The van der Waals surface area contributed by atoms with Crippen LogP contribution in [0.25, 0.3) is 0 Å². The number of fused-ring (bicyclic) bond motifs is 2. The van der Waals surface area contributed by atoms with Gasteiger partial charge >= 0.3 is 0 Å². The van der Waals surface area contributed by atoms with Gasteiger partial charge in [-0.3, -0.25) is 14.4 Å². The smallest absolute Gasteiger partial charge is 0.257 e. The van der Waals surface area contributed by atoms with Crippen molar-refractivity contribution in [3.63, 3.8) is 0 Å². The molecule has 2 aliphatic heterocycles. The van der Waals surface area contributed by atoms with E-state index in [0.717, 1.165) is 12.8 Å². The lowest BCUT2D eigenvalue weighted by Crippen LogP contribution is -2.49. The summed E-state index contributed by atoms with van der Waals surface area (Å²) in [5.41, 5.74) is -2.07. The fourth-order valence-corrected chi connectivity index (χ4v) is 4.47. The molecule has 2 atom stereocenters. The van der Waals surface area contributed by atoms with Crippen LogP contribution >= 0.6 is 11.6 Å². The average molecular weight is 449 g/mol. The van der Waals surface area contributed by atoms with Gasteiger partial charge in [0.15, 0.2) is 11.5 Å². The van der Waals surface area contributed by atoms with Crippen molar-refractivity contribution >= 4 is 23.3 Å². The van der Waals surface area contributed by atoms with Crippen molar-refractivity contribution in [2.24, 2.45) is 5.41 Å². The van der Waals surface area contributed by atoms with Crippen LogP contribution in [-0.2, 0) is 17.8 Å². The molecule has 2 N–H and O–H groups in total. The number of amides is 1. The Hall–Kier alpha value is -2.71. The van der Waals surface area contributed by atoms with Gasteiger partial charge in [-0.05, 0) is 25.8 Å². The first-order chi connectivity index (χ1) is 14.7. The monoisotopic (exact) mass is 448 g/mol. The van der Waals surface area contributed by atoms with Crippen LogP contribution in [0.15, 0.2) is 29.2 Å². The number of nitrogens with one attached hydrogen (secondary N) is 1. The summed E-state index contributed by atoms with van der Waals surface area (Å²) in [6.45, 7) is 2.34. The van der Waals surface area contributed by atoms with Crippen LogP contribution in [-0.4, -0.2) is 34.1 Å². The molecule has 0 radical (unpaired) electrons. The lowest BCUT2D eigenvalue weighted by atomic mass is 9.72. The predicted octanol–water partition coefficient (Wildman–Crippen LogP) is 3.05. The van der Waals surface area contributed by atoms with Crippen molar-refractivity contribution in [3.8, 4) is 5.75 Å². The van der Waals surface area contributed by atoms with Crippen molar-refractivity contribution in [3.05, 3.63) is 62.3 Å². The van der Waals surface area contributed by atoms with Gasteiger partial charge in [-0.15, -0.1) is 0 Å². The summed E-state index contributed by atoms with van der Waals surface area (Å²) in [6, 6.07) is 4.39. The second-order valence-corrected chi connectivity index (χ2v) is 8.59. The zero-order chi connectivity index (χ0) is 22.3. The third-order valence-corrected chi connectivity index (χ3v) is 6.48. The standard InChI is InChI=1S/C22H22ClFN2O5/c1-22-7-2-3-8-31-15(22)11-26-10-13(18(27)19(28)17(26)20(22)29)21(30)25-9-12-5-4-6-14(23)16(12)24/h4-6,10,15,28H,2-3,7-9,11H2,1H3,(H,25,30)/t15-,22-/m0/s1. The first kappa shape index (κ1) is 21.5. The van der Waals surface area contributed by atoms with Gasteiger partial charge in [-0.2, -0.15) is 0 Å². The van der Waals surface area contributed by atoms with E-state index >= 15 is 0 Å². The molecule has 31 heavy (non-hydrogen) atoms. The molecule has 9 heteroatoms. The number of carbonyl (C=O) groups excluding carboxylic acids is 2. The van der Waals surface area contributed by atoms with Gasteiger partial charge in [0.1, 0.15) is 17.1 Å². The van der Waals surface area contributed by atoms with Crippen molar-refractivity contribution in [2.75, 3.05) is 6.61 Å². The summed E-state index contributed by atoms with van der Waals surface area (Å²) >= 11 is 5.75. The molecule has 0 aliphatic carbocycles. The van der Waals surface area contributed by atoms with E-state index < -0.39 is 34.4 Å². The molecular formula is C22H22ClFN2O5. The van der Waals surface area contributed by atoms with Crippen LogP contribution in [0.5, 0.6) is 5.75 Å². The van der Waals surface area contributed by atoms with E-state index in [4.69, 9.17) is 16.3 Å². The summed E-state index contributed by atoms with van der Waals surface area (Å²) < 4.78 is 21.3. The summed E-state index contributed by atoms with van der Waals surface area (Å²) in [6.07, 6.45) is 3.06. The summed E-state index contributed by atoms with van der Waals surface area (Å²) in [7, 11) is 0. The fraction of sp³-hybridized carbons (Fsp3) is 0.409. The third kappa shape index (κ3) is 3.64. The molecule has 1 aromatic heterocycles. The number of aromatic hydroxyl groups is 1. The average Bonchev–Trinajstić information content (AvgIpc) is 2.93. The molecule has 0 bridgehead atoms. The number of ether oxygens (including phenoxy) is 1. The molecule has 7 nitrogen and oxygen atoms in total. The van der Waals surface area contributed by atoms with E-state index in [1.54, 1.807) is 13.0 Å². The summed E-state index contributed by atoms with van der Waals surface area (Å²) in [5, 5.41) is 12.9. The lowest BCUT2D eigenvalue weighted by molar-refractivity contribution is -0.0284. The van der Waals surface area contributed by atoms with E-state index in [0.29, 0.717) is 13.0 Å². The quantitative estimate of drug-likeness (QED) is 0.752. The number of hydrogen-bond acceptors (Lipinski definition) is 5. The Balaban J connectivity index is 1.66. The van der Waals surface area contributed by atoms with E-state index in [9.17, 15) is 23.9 Å². The second kappa shape index (κ2) is 8.09. The van der Waals surface area contributed by atoms with Gasteiger partial charge in [-0.25, -0.2) is 4.39 Å². The van der Waals surface area contributed by atoms with Gasteiger partial charge in [0, 0.05) is 24.9 Å². The van der Waals surface area contributed by atoms with Gasteiger partial charge in [0.25, 0.3) is 5.91 Å². The molecule has 2 aliphatic rings. The van der Waals surface area contributed by atoms with Gasteiger partial charge in [-0.1, -0.05) is 30.2 Å². The Morgan fingerprint density at radius 3 is 2.94 bits per heavy atom. The molecule has 0 unspecified atom stereocenters. The van der Waals surface area contributed by atoms with Gasteiger partial charge in [0.05, 0.1) is 23.1 Å². The van der Waals surface area contributed by atoms with Gasteiger partial charge in [0.2, 0.25) is 5.43 Å². The summed E-state index contributed by atoms with van der Waals surface area (Å²) in [4.78, 5) is 38.5. The van der Waals surface area contributed by atoms with Crippen molar-refractivity contribution < 1.29 is 23.8 Å². The molecule has 1 amide bonds. The van der Waals surface area contributed by atoms with Crippen LogP contribution in [0.4, 0.5) is 4.39 Å². The van der Waals surface area contributed by atoms with Crippen molar-refractivity contribution in [2.45, 2.75) is 45.4 Å². The van der Waals surface area contributed by atoms with E-state index in [1.165, 1.54) is 22.9 Å². The van der Waals surface area contributed by atoms with E-state index in [-0.39, 0.29) is 40.7 Å². The number of rotatable bonds is 3. The van der Waals surface area contributed by atoms with E-state index in [2.05, 4.69) is 5.32 Å². The largest absolute Gasteiger partial charge is 0.503 e. The third-order valence-electron chi connectivity index (χ3n) is 6.19. The predicted molar refractivity (Wildman–Crippen MR) is 111 cm³/mol. The number of carbonyl (C=O) groups is 2. The Morgan fingerprint density at radius 1 is 1.39 bits per heavy atom. The van der Waals surface area contributed by atoms with Crippen LogP contribution in [0.2, 0.25) is 5.02 Å². The van der Waals surface area contributed by atoms with Crippen molar-refractivity contribution in [1.29, 1.82) is 0 Å². The number of nitrogens with zero attached hydrogens (tertiary/aromatic N) is 1. The number of benzene rings is 1. The van der Waals surface area contributed by atoms with Crippen LogP contribution in [0, 0.1) is 11.2 Å². The normalized spacial score (nSPS) is 22.9. The highest BCUT2D eigenvalue weighted by atomic mass is 35.5. The topological polar surface area (TPSA) is 97.6 Å². The zero-order valence-electron chi connectivity index (χ0n) is 16.9. The lowest BCUT2D eigenvalue weighted by Gasteiger charge is -2.40.